The summed E-state index contributed by atoms with van der Waals surface area (Å²) >= 11 is 1.46. The Morgan fingerprint density at radius 1 is 1.30 bits per heavy atom. The lowest BCUT2D eigenvalue weighted by Crippen LogP contribution is -2.27. The van der Waals surface area contributed by atoms with E-state index in [2.05, 4.69) is 20.0 Å². The maximum atomic E-state index is 12.3. The summed E-state index contributed by atoms with van der Waals surface area (Å²) in [5, 5.41) is 2.59. The van der Waals surface area contributed by atoms with E-state index in [1.54, 1.807) is 0 Å². The van der Waals surface area contributed by atoms with Crippen LogP contribution in [0.15, 0.2) is 40.0 Å². The Hall–Kier alpha value is -2.21. The number of H-pyrrole nitrogens is 1. The molecule has 1 heterocycles. The number of nitrogens with one attached hydrogen (secondary N) is 3. The number of hydrogen-bond donors (Lipinski definition) is 3. The Morgan fingerprint density at radius 3 is 2.63 bits per heavy atom. The van der Waals surface area contributed by atoms with Gasteiger partial charge in [0.05, 0.1) is 17.3 Å². The van der Waals surface area contributed by atoms with Gasteiger partial charge >= 0.3 is 0 Å². The van der Waals surface area contributed by atoms with E-state index in [1.165, 1.54) is 43.1 Å². The zero-order chi connectivity index (χ0) is 19.9. The van der Waals surface area contributed by atoms with Crippen molar-refractivity contribution in [2.75, 3.05) is 31.8 Å². The van der Waals surface area contributed by atoms with Crippen molar-refractivity contribution in [2.45, 2.75) is 10.6 Å². The fourth-order valence-corrected chi connectivity index (χ4v) is 3.53. The third-order valence-electron chi connectivity index (χ3n) is 3.33. The summed E-state index contributed by atoms with van der Waals surface area (Å²) in [6.45, 7) is 0.416. The van der Waals surface area contributed by atoms with E-state index in [0.717, 1.165) is 6.07 Å². The van der Waals surface area contributed by atoms with Gasteiger partial charge in [0, 0.05) is 25.4 Å². The van der Waals surface area contributed by atoms with E-state index >= 15 is 0 Å². The molecule has 0 radical (unpaired) electrons. The van der Waals surface area contributed by atoms with Crippen molar-refractivity contribution in [3.8, 4) is 0 Å². The van der Waals surface area contributed by atoms with Gasteiger partial charge in [0.1, 0.15) is 11.5 Å². The maximum Gasteiger partial charge on any atom is 0.274 e. The Morgan fingerprint density at radius 2 is 2.00 bits per heavy atom. The summed E-state index contributed by atoms with van der Waals surface area (Å²) in [6, 6.07) is 6.76. The van der Waals surface area contributed by atoms with Crippen LogP contribution in [-0.2, 0) is 20.5 Å². The summed E-state index contributed by atoms with van der Waals surface area (Å²) in [4.78, 5) is 30.7. The first kappa shape index (κ1) is 21.1. The largest absolute Gasteiger partial charge is 0.383 e. The number of hydrogen-bond acceptors (Lipinski definition) is 7. The lowest BCUT2D eigenvalue weighted by atomic mass is 10.3. The van der Waals surface area contributed by atoms with E-state index in [1.807, 2.05) is 6.26 Å². The van der Waals surface area contributed by atoms with Crippen LogP contribution < -0.4 is 15.6 Å². The second-order valence-electron chi connectivity index (χ2n) is 5.38. The summed E-state index contributed by atoms with van der Waals surface area (Å²) < 4.78 is 31.4. The molecule has 0 aliphatic rings. The van der Waals surface area contributed by atoms with Crippen LogP contribution in [0.3, 0.4) is 0 Å². The number of ether oxygens (including phenoxy) is 1. The Balaban J connectivity index is 2.10. The van der Waals surface area contributed by atoms with Crippen LogP contribution in [0, 0.1) is 0 Å². The first-order valence-corrected chi connectivity index (χ1v) is 10.7. The molecule has 0 aliphatic heterocycles. The van der Waals surface area contributed by atoms with Crippen molar-refractivity contribution in [1.82, 2.24) is 14.7 Å². The van der Waals surface area contributed by atoms with Crippen LogP contribution in [0.5, 0.6) is 0 Å². The van der Waals surface area contributed by atoms with Gasteiger partial charge in [-0.1, -0.05) is 0 Å². The standard InChI is InChI=1S/C16H20N4O5S2/c1-25-8-7-17-27(23,24)12-5-3-11(4-6-12)18-16(22)13-9-15(21)20-14(19-13)10-26-2/h3-6,9,17H,7-8,10H2,1-2H3,(H,18,22)(H,19,20,21). The quantitative estimate of drug-likeness (QED) is 0.520. The van der Waals surface area contributed by atoms with Gasteiger partial charge in [-0.15, -0.1) is 0 Å². The van der Waals surface area contributed by atoms with Crippen molar-refractivity contribution in [2.24, 2.45) is 0 Å². The molecule has 9 nitrogen and oxygen atoms in total. The summed E-state index contributed by atoms with van der Waals surface area (Å²) in [5.74, 6) is 0.319. The minimum absolute atomic E-state index is 0.0132. The molecule has 0 aliphatic carbocycles. The lowest BCUT2D eigenvalue weighted by molar-refractivity contribution is 0.102. The summed E-state index contributed by atoms with van der Waals surface area (Å²) in [5.41, 5.74) is -0.0483. The number of aromatic amines is 1. The predicted octanol–water partition coefficient (Wildman–Crippen LogP) is 0.810. The number of benzene rings is 1. The highest BCUT2D eigenvalue weighted by molar-refractivity contribution is 7.97. The molecular formula is C16H20N4O5S2. The summed E-state index contributed by atoms with van der Waals surface area (Å²) in [7, 11) is -2.17. The molecule has 0 unspecified atom stereocenters. The van der Waals surface area contributed by atoms with E-state index < -0.39 is 21.5 Å². The molecule has 1 amide bonds. The van der Waals surface area contributed by atoms with Gasteiger partial charge in [-0.2, -0.15) is 11.8 Å². The number of rotatable bonds is 9. The van der Waals surface area contributed by atoms with E-state index in [4.69, 9.17) is 4.74 Å². The minimum Gasteiger partial charge on any atom is -0.383 e. The van der Waals surface area contributed by atoms with Crippen LogP contribution in [0.1, 0.15) is 16.3 Å². The van der Waals surface area contributed by atoms with E-state index in [9.17, 15) is 18.0 Å². The molecule has 0 atom stereocenters. The first-order valence-electron chi connectivity index (χ1n) is 7.85. The fourth-order valence-electron chi connectivity index (χ4n) is 2.10. The van der Waals surface area contributed by atoms with Gasteiger partial charge in [-0.25, -0.2) is 18.1 Å². The molecule has 2 aromatic rings. The molecule has 146 valence electrons. The lowest BCUT2D eigenvalue weighted by Gasteiger charge is -2.08. The molecule has 11 heteroatoms. The van der Waals surface area contributed by atoms with Crippen LogP contribution in [0.4, 0.5) is 5.69 Å². The Bertz CT molecular complexity index is 942. The van der Waals surface area contributed by atoms with Crippen LogP contribution in [0.2, 0.25) is 0 Å². The zero-order valence-electron chi connectivity index (χ0n) is 14.8. The van der Waals surface area contributed by atoms with Crippen molar-refractivity contribution in [3.05, 3.63) is 52.2 Å². The SMILES string of the molecule is COCCNS(=O)(=O)c1ccc(NC(=O)c2cc(=O)[nH]c(CSC)n2)cc1. The number of amides is 1. The molecule has 2 rings (SSSR count). The van der Waals surface area contributed by atoms with Crippen molar-refractivity contribution in [1.29, 1.82) is 0 Å². The zero-order valence-corrected chi connectivity index (χ0v) is 16.4. The van der Waals surface area contributed by atoms with Gasteiger partial charge in [0.25, 0.3) is 11.5 Å². The van der Waals surface area contributed by atoms with Gasteiger partial charge in [0.2, 0.25) is 10.0 Å². The molecule has 1 aromatic carbocycles. The number of carbonyl (C=O) groups is 1. The van der Waals surface area contributed by atoms with Crippen molar-refractivity contribution < 1.29 is 17.9 Å². The highest BCUT2D eigenvalue weighted by Crippen LogP contribution is 2.14. The van der Waals surface area contributed by atoms with Gasteiger partial charge < -0.3 is 15.0 Å². The number of anilines is 1. The normalized spacial score (nSPS) is 11.3. The third-order valence-corrected chi connectivity index (χ3v) is 5.36. The molecule has 0 spiro atoms. The third kappa shape index (κ3) is 6.17. The number of thioether (sulfide) groups is 1. The van der Waals surface area contributed by atoms with Crippen LogP contribution in [-0.4, -0.2) is 50.8 Å². The molecule has 1 aromatic heterocycles. The van der Waals surface area contributed by atoms with Crippen molar-refractivity contribution >= 4 is 33.4 Å². The number of nitrogens with zero attached hydrogens (tertiary/aromatic N) is 1. The average molecular weight is 412 g/mol. The molecule has 0 fully saturated rings. The Kier molecular flexibility index (Phi) is 7.54. The molecule has 0 saturated carbocycles. The summed E-state index contributed by atoms with van der Waals surface area (Å²) in [6.07, 6.45) is 1.85. The van der Waals surface area contributed by atoms with Crippen molar-refractivity contribution in [3.63, 3.8) is 0 Å². The van der Waals surface area contributed by atoms with Gasteiger partial charge in [-0.05, 0) is 30.5 Å². The number of methoxy groups -OCH3 is 1. The monoisotopic (exact) mass is 412 g/mol. The highest BCUT2D eigenvalue weighted by Gasteiger charge is 2.14. The smallest absolute Gasteiger partial charge is 0.274 e. The van der Waals surface area contributed by atoms with Crippen LogP contribution in [0.25, 0.3) is 0 Å². The van der Waals surface area contributed by atoms with Gasteiger partial charge in [0.15, 0.2) is 0 Å². The van der Waals surface area contributed by atoms with E-state index in [-0.39, 0.29) is 23.7 Å². The Labute approximate surface area is 161 Å². The second-order valence-corrected chi connectivity index (χ2v) is 8.01. The fraction of sp³-hybridized carbons (Fsp3) is 0.312. The number of carbonyl (C=O) groups excluding carboxylic acids is 1. The molecular weight excluding hydrogens is 392 g/mol. The average Bonchev–Trinajstić information content (AvgIpc) is 2.62. The topological polar surface area (TPSA) is 130 Å². The molecule has 27 heavy (non-hydrogen) atoms. The molecule has 3 N–H and O–H groups in total. The first-order chi connectivity index (χ1) is 12.9. The maximum absolute atomic E-state index is 12.3. The minimum atomic E-state index is -3.65. The predicted molar refractivity (Wildman–Crippen MR) is 104 cm³/mol. The second kappa shape index (κ2) is 9.65. The highest BCUT2D eigenvalue weighted by atomic mass is 32.2. The number of sulfonamides is 1. The molecule has 0 saturated heterocycles. The number of aromatic nitrogens is 2. The van der Waals surface area contributed by atoms with Gasteiger partial charge in [-0.3, -0.25) is 9.59 Å². The van der Waals surface area contributed by atoms with Crippen LogP contribution >= 0.6 is 11.8 Å². The molecule has 0 bridgehead atoms. The van der Waals surface area contributed by atoms with E-state index in [0.29, 0.717) is 17.3 Å².